The van der Waals surface area contributed by atoms with Gasteiger partial charge in [-0.15, -0.1) is 0 Å². The highest BCUT2D eigenvalue weighted by atomic mass is 16.5. The lowest BCUT2D eigenvalue weighted by atomic mass is 9.94. The van der Waals surface area contributed by atoms with Crippen LogP contribution in [0.4, 0.5) is 0 Å². The number of aliphatic carboxylic acids is 1. The Balaban J connectivity index is 2.33. The van der Waals surface area contributed by atoms with Crippen LogP contribution in [0.5, 0.6) is 0 Å². The second-order valence-corrected chi connectivity index (χ2v) is 5.36. The number of carbonyl (C=O) groups is 2. The minimum absolute atomic E-state index is 0.0514. The van der Waals surface area contributed by atoms with Gasteiger partial charge in [0.1, 0.15) is 6.04 Å². The maximum absolute atomic E-state index is 11.8. The van der Waals surface area contributed by atoms with E-state index in [1.54, 1.807) is 0 Å². The molecule has 1 amide bonds. The Morgan fingerprint density at radius 3 is 2.53 bits per heavy atom. The molecule has 2 N–H and O–H groups in total. The summed E-state index contributed by atoms with van der Waals surface area (Å²) in [5.74, 6) is -0.621. The Morgan fingerprint density at radius 1 is 1.37 bits per heavy atom. The predicted octanol–water partition coefficient (Wildman–Crippen LogP) is 1.81. The topological polar surface area (TPSA) is 75.6 Å². The Morgan fingerprint density at radius 2 is 2.00 bits per heavy atom. The van der Waals surface area contributed by atoms with Crippen molar-refractivity contribution in [1.29, 1.82) is 0 Å². The van der Waals surface area contributed by atoms with E-state index < -0.39 is 12.0 Å². The van der Waals surface area contributed by atoms with Crippen molar-refractivity contribution in [1.82, 2.24) is 5.32 Å². The molecule has 0 saturated carbocycles. The number of nitrogens with one attached hydrogen (secondary N) is 1. The van der Waals surface area contributed by atoms with Crippen LogP contribution in [0, 0.1) is 11.8 Å². The van der Waals surface area contributed by atoms with Crippen molar-refractivity contribution in [3.05, 3.63) is 0 Å². The summed E-state index contributed by atoms with van der Waals surface area (Å²) in [6, 6.07) is -0.771. The van der Waals surface area contributed by atoms with Gasteiger partial charge in [-0.05, 0) is 31.1 Å². The van der Waals surface area contributed by atoms with E-state index in [1.807, 2.05) is 13.8 Å². The summed E-state index contributed by atoms with van der Waals surface area (Å²) in [7, 11) is 0. The van der Waals surface area contributed by atoms with Gasteiger partial charge >= 0.3 is 5.97 Å². The molecule has 0 radical (unpaired) electrons. The van der Waals surface area contributed by atoms with E-state index in [9.17, 15) is 9.59 Å². The van der Waals surface area contributed by atoms with Gasteiger partial charge in [0.25, 0.3) is 0 Å². The molecule has 5 heteroatoms. The first-order valence-electron chi connectivity index (χ1n) is 7.14. The molecule has 0 spiro atoms. The van der Waals surface area contributed by atoms with Gasteiger partial charge in [-0.3, -0.25) is 4.79 Å². The third kappa shape index (κ3) is 5.59. The fraction of sp³-hybridized carbons (Fsp3) is 0.857. The van der Waals surface area contributed by atoms with Crippen molar-refractivity contribution in [3.63, 3.8) is 0 Å². The average molecular weight is 271 g/mol. The Bertz CT molecular complexity index is 300. The van der Waals surface area contributed by atoms with E-state index in [1.165, 1.54) is 0 Å². The number of carbonyl (C=O) groups excluding carboxylic acids is 1. The van der Waals surface area contributed by atoms with Gasteiger partial charge in [-0.25, -0.2) is 4.79 Å². The quantitative estimate of drug-likeness (QED) is 0.740. The predicted molar refractivity (Wildman–Crippen MR) is 71.8 cm³/mol. The summed E-state index contributed by atoms with van der Waals surface area (Å²) in [5.41, 5.74) is 0. The SMILES string of the molecule is CCC(C)C(NC(=O)CCC1CCOCC1)C(=O)O. The van der Waals surface area contributed by atoms with Crippen LogP contribution in [0.25, 0.3) is 0 Å². The molecular weight excluding hydrogens is 246 g/mol. The van der Waals surface area contributed by atoms with Crippen molar-refractivity contribution in [3.8, 4) is 0 Å². The lowest BCUT2D eigenvalue weighted by Crippen LogP contribution is -2.45. The molecule has 0 aromatic carbocycles. The van der Waals surface area contributed by atoms with Crippen LogP contribution in [0.3, 0.4) is 0 Å². The van der Waals surface area contributed by atoms with Gasteiger partial charge in [0, 0.05) is 19.6 Å². The number of amides is 1. The second kappa shape index (κ2) is 8.15. The van der Waals surface area contributed by atoms with Crippen molar-refractivity contribution in [2.45, 2.75) is 52.0 Å². The van der Waals surface area contributed by atoms with Crippen molar-refractivity contribution < 1.29 is 19.4 Å². The Kier molecular flexibility index (Phi) is 6.84. The van der Waals surface area contributed by atoms with Crippen LogP contribution in [-0.2, 0) is 14.3 Å². The van der Waals surface area contributed by atoms with Gasteiger partial charge in [0.05, 0.1) is 0 Å². The zero-order chi connectivity index (χ0) is 14.3. The van der Waals surface area contributed by atoms with E-state index >= 15 is 0 Å². The lowest BCUT2D eigenvalue weighted by molar-refractivity contribution is -0.143. The third-order valence-electron chi connectivity index (χ3n) is 3.92. The van der Waals surface area contributed by atoms with Crippen LogP contribution < -0.4 is 5.32 Å². The van der Waals surface area contributed by atoms with Crippen molar-refractivity contribution >= 4 is 11.9 Å². The largest absolute Gasteiger partial charge is 0.480 e. The molecule has 110 valence electrons. The fourth-order valence-electron chi connectivity index (χ4n) is 2.30. The summed E-state index contributed by atoms with van der Waals surface area (Å²) in [6.07, 6.45) is 3.96. The highest BCUT2D eigenvalue weighted by Crippen LogP contribution is 2.20. The van der Waals surface area contributed by atoms with Crippen molar-refractivity contribution in [2.24, 2.45) is 11.8 Å². The van der Waals surface area contributed by atoms with Crippen LogP contribution in [-0.4, -0.2) is 36.2 Å². The monoisotopic (exact) mass is 271 g/mol. The minimum atomic E-state index is -0.950. The van der Waals surface area contributed by atoms with Crippen LogP contribution in [0.1, 0.15) is 46.0 Å². The smallest absolute Gasteiger partial charge is 0.326 e. The number of rotatable bonds is 7. The van der Waals surface area contributed by atoms with Gasteiger partial charge in [-0.2, -0.15) is 0 Å². The average Bonchev–Trinajstić information content (AvgIpc) is 2.42. The molecule has 0 aromatic heterocycles. The van der Waals surface area contributed by atoms with Gasteiger partial charge in [-0.1, -0.05) is 20.3 Å². The molecule has 2 atom stereocenters. The summed E-state index contributed by atoms with van der Waals surface area (Å²) in [6.45, 7) is 5.32. The van der Waals surface area contributed by atoms with E-state index in [2.05, 4.69) is 5.32 Å². The van der Waals surface area contributed by atoms with E-state index in [-0.39, 0.29) is 11.8 Å². The second-order valence-electron chi connectivity index (χ2n) is 5.36. The van der Waals surface area contributed by atoms with Crippen LogP contribution >= 0.6 is 0 Å². The molecule has 0 aromatic rings. The van der Waals surface area contributed by atoms with Gasteiger partial charge in [0.15, 0.2) is 0 Å². The summed E-state index contributed by atoms with van der Waals surface area (Å²) < 4.78 is 5.27. The van der Waals surface area contributed by atoms with E-state index in [4.69, 9.17) is 9.84 Å². The normalized spacial score (nSPS) is 19.7. The maximum atomic E-state index is 11.8. The number of ether oxygens (including phenoxy) is 1. The molecule has 2 unspecified atom stereocenters. The highest BCUT2D eigenvalue weighted by molar-refractivity contribution is 5.83. The molecule has 1 rings (SSSR count). The third-order valence-corrected chi connectivity index (χ3v) is 3.92. The van der Waals surface area contributed by atoms with Crippen LogP contribution in [0.2, 0.25) is 0 Å². The molecule has 1 heterocycles. The molecule has 19 heavy (non-hydrogen) atoms. The number of carboxylic acids is 1. The van der Waals surface area contributed by atoms with Gasteiger partial charge < -0.3 is 15.2 Å². The molecule has 1 saturated heterocycles. The maximum Gasteiger partial charge on any atom is 0.326 e. The zero-order valence-corrected chi connectivity index (χ0v) is 11.9. The molecular formula is C14H25NO4. The molecule has 0 aliphatic carbocycles. The molecule has 0 bridgehead atoms. The number of hydrogen-bond acceptors (Lipinski definition) is 3. The van der Waals surface area contributed by atoms with Crippen molar-refractivity contribution in [2.75, 3.05) is 13.2 Å². The molecule has 5 nitrogen and oxygen atoms in total. The first-order chi connectivity index (χ1) is 9.04. The molecule has 1 fully saturated rings. The summed E-state index contributed by atoms with van der Waals surface area (Å²) in [5, 5.41) is 11.7. The molecule has 1 aliphatic rings. The number of hydrogen-bond donors (Lipinski definition) is 2. The van der Waals surface area contributed by atoms with Gasteiger partial charge in [0.2, 0.25) is 5.91 Å². The summed E-state index contributed by atoms with van der Waals surface area (Å²) in [4.78, 5) is 22.9. The minimum Gasteiger partial charge on any atom is -0.480 e. The standard InChI is InChI=1S/C14H25NO4/c1-3-10(2)13(14(17)18)15-12(16)5-4-11-6-8-19-9-7-11/h10-11,13H,3-9H2,1-2H3,(H,15,16)(H,17,18). The van der Waals surface area contributed by atoms with E-state index in [0.717, 1.165) is 38.9 Å². The van der Waals surface area contributed by atoms with E-state index in [0.29, 0.717) is 12.3 Å². The zero-order valence-electron chi connectivity index (χ0n) is 11.9. The first-order valence-corrected chi connectivity index (χ1v) is 7.14. The first kappa shape index (κ1) is 16.0. The molecule has 1 aliphatic heterocycles. The number of carboxylic acid groups (broad SMARTS) is 1. The summed E-state index contributed by atoms with van der Waals surface area (Å²) >= 11 is 0. The highest BCUT2D eigenvalue weighted by Gasteiger charge is 2.25. The Hall–Kier alpha value is -1.10. The Labute approximate surface area is 114 Å². The fourth-order valence-corrected chi connectivity index (χ4v) is 2.30. The lowest BCUT2D eigenvalue weighted by Gasteiger charge is -2.23. The van der Waals surface area contributed by atoms with Crippen LogP contribution in [0.15, 0.2) is 0 Å².